The minimum atomic E-state index is -0.0447. The van der Waals surface area contributed by atoms with Crippen molar-refractivity contribution in [2.24, 2.45) is 0 Å². The van der Waals surface area contributed by atoms with Gasteiger partial charge in [0.15, 0.2) is 6.61 Å². The fourth-order valence-corrected chi connectivity index (χ4v) is 2.28. The van der Waals surface area contributed by atoms with Crippen molar-refractivity contribution in [2.45, 2.75) is 20.4 Å². The topological polar surface area (TPSA) is 41.6 Å². The normalized spacial score (nSPS) is 10.4. The summed E-state index contributed by atoms with van der Waals surface area (Å²) in [4.78, 5) is 13.1. The molecule has 106 valence electrons. The van der Waals surface area contributed by atoms with Crippen LogP contribution in [0.2, 0.25) is 0 Å². The van der Waals surface area contributed by atoms with Gasteiger partial charge >= 0.3 is 0 Å². The molecule has 0 fully saturated rings. The summed E-state index contributed by atoms with van der Waals surface area (Å²) >= 11 is 3.48. The smallest absolute Gasteiger partial charge is 0.259 e. The molecule has 0 aliphatic rings. The van der Waals surface area contributed by atoms with Crippen LogP contribution in [0.4, 0.5) is 0 Å². The minimum Gasteiger partial charge on any atom is -0.483 e. The Hall–Kier alpha value is -1.07. The van der Waals surface area contributed by atoms with Gasteiger partial charge < -0.3 is 15.0 Å². The quantitative estimate of drug-likeness (QED) is 0.871. The summed E-state index contributed by atoms with van der Waals surface area (Å²) < 4.78 is 6.71. The van der Waals surface area contributed by atoms with Crippen LogP contribution in [0.3, 0.4) is 0 Å². The Morgan fingerprint density at radius 3 is 2.68 bits per heavy atom. The first kappa shape index (κ1) is 16.0. The van der Waals surface area contributed by atoms with E-state index >= 15 is 0 Å². The van der Waals surface area contributed by atoms with E-state index < -0.39 is 0 Å². The maximum absolute atomic E-state index is 11.6. The number of halogens is 1. The van der Waals surface area contributed by atoms with E-state index in [-0.39, 0.29) is 12.5 Å². The van der Waals surface area contributed by atoms with Crippen LogP contribution in [0, 0.1) is 6.92 Å². The highest BCUT2D eigenvalue weighted by atomic mass is 79.9. The molecule has 1 N–H and O–H groups in total. The molecule has 1 amide bonds. The van der Waals surface area contributed by atoms with Crippen LogP contribution in [-0.2, 0) is 11.3 Å². The van der Waals surface area contributed by atoms with Crippen molar-refractivity contribution in [2.75, 3.05) is 27.2 Å². The molecule has 0 atom stereocenters. The highest BCUT2D eigenvalue weighted by Gasteiger charge is 2.11. The lowest BCUT2D eigenvalue weighted by Gasteiger charge is -2.16. The standard InChI is InChI=1S/C14H21BrN2O2/c1-5-16-8-11-7-12(15)6-10(2)14(11)19-9-13(18)17(3)4/h6-7,16H,5,8-9H2,1-4H3. The van der Waals surface area contributed by atoms with E-state index in [1.54, 1.807) is 14.1 Å². The molecule has 1 aromatic rings. The molecule has 0 saturated heterocycles. The van der Waals surface area contributed by atoms with E-state index in [2.05, 4.69) is 28.2 Å². The predicted molar refractivity (Wildman–Crippen MR) is 80.4 cm³/mol. The fraction of sp³-hybridized carbons (Fsp3) is 0.500. The summed E-state index contributed by atoms with van der Waals surface area (Å²) in [6.07, 6.45) is 0. The molecule has 5 heteroatoms. The second kappa shape index (κ2) is 7.50. The number of hydrogen-bond acceptors (Lipinski definition) is 3. The molecule has 0 saturated carbocycles. The number of rotatable bonds is 6. The van der Waals surface area contributed by atoms with Gasteiger partial charge in [0.25, 0.3) is 5.91 Å². The SMILES string of the molecule is CCNCc1cc(Br)cc(C)c1OCC(=O)N(C)C. The number of nitrogens with one attached hydrogen (secondary N) is 1. The van der Waals surface area contributed by atoms with Gasteiger partial charge in [0, 0.05) is 30.7 Å². The zero-order valence-electron chi connectivity index (χ0n) is 11.9. The molecule has 4 nitrogen and oxygen atoms in total. The maximum Gasteiger partial charge on any atom is 0.259 e. The first-order valence-electron chi connectivity index (χ1n) is 6.28. The first-order chi connectivity index (χ1) is 8.95. The number of benzene rings is 1. The largest absolute Gasteiger partial charge is 0.483 e. The Labute approximate surface area is 123 Å². The zero-order chi connectivity index (χ0) is 14.4. The van der Waals surface area contributed by atoms with Crippen LogP contribution in [0.25, 0.3) is 0 Å². The summed E-state index contributed by atoms with van der Waals surface area (Å²) in [6, 6.07) is 4.01. The molecular formula is C14H21BrN2O2. The van der Waals surface area contributed by atoms with Gasteiger partial charge in [0.05, 0.1) is 0 Å². The summed E-state index contributed by atoms with van der Waals surface area (Å²) in [6.45, 7) is 5.72. The maximum atomic E-state index is 11.6. The Kier molecular flexibility index (Phi) is 6.31. The van der Waals surface area contributed by atoms with E-state index in [9.17, 15) is 4.79 Å². The van der Waals surface area contributed by atoms with Crippen molar-refractivity contribution in [1.82, 2.24) is 10.2 Å². The second-order valence-electron chi connectivity index (χ2n) is 4.57. The van der Waals surface area contributed by atoms with Crippen molar-refractivity contribution >= 4 is 21.8 Å². The number of aryl methyl sites for hydroxylation is 1. The number of amides is 1. The van der Waals surface area contributed by atoms with Crippen LogP contribution in [-0.4, -0.2) is 38.1 Å². The number of nitrogens with zero attached hydrogens (tertiary/aromatic N) is 1. The number of hydrogen-bond donors (Lipinski definition) is 1. The molecule has 1 rings (SSSR count). The van der Waals surface area contributed by atoms with Gasteiger partial charge in [-0.15, -0.1) is 0 Å². The highest BCUT2D eigenvalue weighted by molar-refractivity contribution is 9.10. The van der Waals surface area contributed by atoms with Crippen molar-refractivity contribution < 1.29 is 9.53 Å². The molecule has 19 heavy (non-hydrogen) atoms. The summed E-state index contributed by atoms with van der Waals surface area (Å²) in [7, 11) is 3.44. The van der Waals surface area contributed by atoms with E-state index in [1.165, 1.54) is 4.90 Å². The van der Waals surface area contributed by atoms with Gasteiger partial charge in [-0.25, -0.2) is 0 Å². The second-order valence-corrected chi connectivity index (χ2v) is 5.48. The molecule has 0 heterocycles. The Morgan fingerprint density at radius 1 is 1.42 bits per heavy atom. The van der Waals surface area contributed by atoms with E-state index in [0.717, 1.165) is 34.4 Å². The molecule has 0 radical (unpaired) electrons. The monoisotopic (exact) mass is 328 g/mol. The van der Waals surface area contributed by atoms with Gasteiger partial charge in [-0.2, -0.15) is 0 Å². The average molecular weight is 329 g/mol. The molecule has 1 aromatic carbocycles. The van der Waals surface area contributed by atoms with Gasteiger partial charge in [-0.3, -0.25) is 4.79 Å². The van der Waals surface area contributed by atoms with Crippen LogP contribution in [0.15, 0.2) is 16.6 Å². The van der Waals surface area contributed by atoms with Gasteiger partial charge in [0.2, 0.25) is 0 Å². The van der Waals surface area contributed by atoms with Crippen molar-refractivity contribution in [3.8, 4) is 5.75 Å². The summed E-state index contributed by atoms with van der Waals surface area (Å²) in [5, 5.41) is 3.27. The fourth-order valence-electron chi connectivity index (χ4n) is 1.66. The summed E-state index contributed by atoms with van der Waals surface area (Å²) in [5.74, 6) is 0.746. The Bertz CT molecular complexity index is 447. The number of carbonyl (C=O) groups is 1. The average Bonchev–Trinajstić information content (AvgIpc) is 2.34. The van der Waals surface area contributed by atoms with Crippen LogP contribution >= 0.6 is 15.9 Å². The lowest BCUT2D eigenvalue weighted by Crippen LogP contribution is -2.28. The third kappa shape index (κ3) is 4.84. The molecule has 0 aromatic heterocycles. The Balaban J connectivity index is 2.87. The molecule has 0 aliphatic heterocycles. The molecule has 0 spiro atoms. The molecule has 0 aliphatic carbocycles. The summed E-state index contributed by atoms with van der Waals surface area (Å²) in [5.41, 5.74) is 2.08. The van der Waals surface area contributed by atoms with Crippen LogP contribution < -0.4 is 10.1 Å². The molecular weight excluding hydrogens is 308 g/mol. The predicted octanol–water partition coefficient (Wildman–Crippen LogP) is 2.33. The minimum absolute atomic E-state index is 0.0447. The van der Waals surface area contributed by atoms with Crippen molar-refractivity contribution in [3.05, 3.63) is 27.7 Å². The van der Waals surface area contributed by atoms with Crippen molar-refractivity contribution in [1.29, 1.82) is 0 Å². The lowest BCUT2D eigenvalue weighted by molar-refractivity contribution is -0.130. The third-order valence-corrected chi connectivity index (χ3v) is 3.18. The molecule has 0 bridgehead atoms. The van der Waals surface area contributed by atoms with Crippen LogP contribution in [0.1, 0.15) is 18.1 Å². The van der Waals surface area contributed by atoms with E-state index in [4.69, 9.17) is 4.74 Å². The number of carbonyl (C=O) groups excluding carboxylic acids is 1. The number of ether oxygens (including phenoxy) is 1. The third-order valence-electron chi connectivity index (χ3n) is 2.72. The Morgan fingerprint density at radius 2 is 2.11 bits per heavy atom. The number of likely N-dealkylation sites (N-methyl/N-ethyl adjacent to an activating group) is 1. The van der Waals surface area contributed by atoms with Gasteiger partial charge in [-0.1, -0.05) is 22.9 Å². The van der Waals surface area contributed by atoms with E-state index in [1.807, 2.05) is 19.1 Å². The van der Waals surface area contributed by atoms with E-state index in [0.29, 0.717) is 0 Å². The van der Waals surface area contributed by atoms with Gasteiger partial charge in [-0.05, 0) is 31.2 Å². The van der Waals surface area contributed by atoms with Crippen molar-refractivity contribution in [3.63, 3.8) is 0 Å². The zero-order valence-corrected chi connectivity index (χ0v) is 13.5. The first-order valence-corrected chi connectivity index (χ1v) is 7.07. The molecule has 0 unspecified atom stereocenters. The highest BCUT2D eigenvalue weighted by Crippen LogP contribution is 2.28. The lowest BCUT2D eigenvalue weighted by atomic mass is 10.1. The van der Waals surface area contributed by atoms with Gasteiger partial charge in [0.1, 0.15) is 5.75 Å². The van der Waals surface area contributed by atoms with Crippen LogP contribution in [0.5, 0.6) is 5.75 Å².